The van der Waals surface area contributed by atoms with Crippen LogP contribution in [0.2, 0.25) is 0 Å². The normalized spacial score (nSPS) is 12.9. The minimum Gasteiger partial charge on any atom is -0.478 e. The molecule has 1 unspecified atom stereocenters. The Kier molecular flexibility index (Phi) is 4.61. The quantitative estimate of drug-likeness (QED) is 0.748. The molecule has 0 radical (unpaired) electrons. The number of carbonyl (C=O) groups is 1. The number of hydrogen-bond donors (Lipinski definition) is 1. The van der Waals surface area contributed by atoms with E-state index in [4.69, 9.17) is 5.11 Å². The second kappa shape index (κ2) is 6.02. The van der Waals surface area contributed by atoms with Crippen molar-refractivity contribution in [3.8, 4) is 0 Å². The molecule has 0 saturated carbocycles. The van der Waals surface area contributed by atoms with E-state index in [9.17, 15) is 4.79 Å². The van der Waals surface area contributed by atoms with Crippen molar-refractivity contribution in [2.24, 2.45) is 0 Å². The van der Waals surface area contributed by atoms with Gasteiger partial charge in [-0.15, -0.1) is 0 Å². The fraction of sp³-hybridized carbons (Fsp3) is 0.308. The molecule has 15 heavy (non-hydrogen) atoms. The molecule has 0 aliphatic carbocycles. The molecule has 0 spiro atoms. The Hall–Kier alpha value is -1.57. The second-order valence-electron chi connectivity index (χ2n) is 3.49. The van der Waals surface area contributed by atoms with Crippen LogP contribution in [0.4, 0.5) is 0 Å². The highest BCUT2D eigenvalue weighted by atomic mass is 16.4. The highest BCUT2D eigenvalue weighted by Gasteiger charge is 2.06. The number of carboxylic acid groups (broad SMARTS) is 1. The molecule has 0 aliphatic heterocycles. The summed E-state index contributed by atoms with van der Waals surface area (Å²) in [6, 6.07) is 10.2. The van der Waals surface area contributed by atoms with Crippen molar-refractivity contribution in [2.75, 3.05) is 0 Å². The van der Waals surface area contributed by atoms with E-state index in [1.165, 1.54) is 11.6 Å². The van der Waals surface area contributed by atoms with Crippen molar-refractivity contribution in [3.05, 3.63) is 48.0 Å². The fourth-order valence-electron chi connectivity index (χ4n) is 1.60. The first kappa shape index (κ1) is 11.5. The molecule has 1 aromatic carbocycles. The molecule has 0 aliphatic rings. The second-order valence-corrected chi connectivity index (χ2v) is 3.49. The number of allylic oxidation sites excluding steroid dienone is 1. The fourth-order valence-corrected chi connectivity index (χ4v) is 1.60. The summed E-state index contributed by atoms with van der Waals surface area (Å²) in [5.41, 5.74) is 1.27. The van der Waals surface area contributed by atoms with Crippen molar-refractivity contribution in [1.29, 1.82) is 0 Å². The first-order valence-electron chi connectivity index (χ1n) is 5.18. The molecule has 0 amide bonds. The molecule has 1 rings (SSSR count). The Bertz CT molecular complexity index is 328. The number of aliphatic carboxylic acids is 1. The predicted octanol–water partition coefficient (Wildman–Crippen LogP) is 3.21. The van der Waals surface area contributed by atoms with Gasteiger partial charge in [-0.2, -0.15) is 0 Å². The largest absolute Gasteiger partial charge is 0.478 e. The number of hydrogen-bond acceptors (Lipinski definition) is 1. The molecule has 2 heteroatoms. The monoisotopic (exact) mass is 204 g/mol. The molecule has 2 nitrogen and oxygen atoms in total. The number of carboxylic acids is 1. The maximum absolute atomic E-state index is 10.3. The highest BCUT2D eigenvalue weighted by Crippen LogP contribution is 2.23. The first-order chi connectivity index (χ1) is 7.24. The van der Waals surface area contributed by atoms with E-state index >= 15 is 0 Å². The van der Waals surface area contributed by atoms with Gasteiger partial charge in [0.05, 0.1) is 0 Å². The van der Waals surface area contributed by atoms with Gasteiger partial charge in [-0.3, -0.25) is 0 Å². The van der Waals surface area contributed by atoms with Crippen LogP contribution in [0.5, 0.6) is 0 Å². The van der Waals surface area contributed by atoms with Gasteiger partial charge in [0, 0.05) is 6.08 Å². The van der Waals surface area contributed by atoms with Crippen LogP contribution in [0.25, 0.3) is 0 Å². The summed E-state index contributed by atoms with van der Waals surface area (Å²) in [5, 5.41) is 8.48. The van der Waals surface area contributed by atoms with Crippen molar-refractivity contribution in [3.63, 3.8) is 0 Å². The van der Waals surface area contributed by atoms with E-state index in [2.05, 4.69) is 19.1 Å². The van der Waals surface area contributed by atoms with Crippen molar-refractivity contribution >= 4 is 5.97 Å². The predicted molar refractivity (Wildman–Crippen MR) is 60.9 cm³/mol. The van der Waals surface area contributed by atoms with Gasteiger partial charge in [-0.05, 0) is 24.3 Å². The van der Waals surface area contributed by atoms with Crippen LogP contribution in [0, 0.1) is 0 Å². The lowest BCUT2D eigenvalue weighted by Crippen LogP contribution is -1.96. The Morgan fingerprint density at radius 1 is 1.40 bits per heavy atom. The van der Waals surface area contributed by atoms with Crippen LogP contribution in [-0.4, -0.2) is 11.1 Å². The smallest absolute Gasteiger partial charge is 0.327 e. The van der Waals surface area contributed by atoms with E-state index in [0.717, 1.165) is 12.8 Å². The molecule has 1 N–H and O–H groups in total. The summed E-state index contributed by atoms with van der Waals surface area (Å²) in [5.74, 6) is -0.459. The van der Waals surface area contributed by atoms with Gasteiger partial charge in [-0.25, -0.2) is 4.79 Å². The topological polar surface area (TPSA) is 37.3 Å². The van der Waals surface area contributed by atoms with Crippen LogP contribution in [0.3, 0.4) is 0 Å². The van der Waals surface area contributed by atoms with Gasteiger partial charge in [0.1, 0.15) is 0 Å². The minimum absolute atomic E-state index is 0.418. The number of benzene rings is 1. The summed E-state index contributed by atoms with van der Waals surface area (Å²) in [7, 11) is 0. The molecule has 1 atom stereocenters. The molecule has 80 valence electrons. The van der Waals surface area contributed by atoms with Crippen LogP contribution in [0.15, 0.2) is 42.5 Å². The van der Waals surface area contributed by atoms with Crippen molar-refractivity contribution < 1.29 is 9.90 Å². The molecule has 0 heterocycles. The van der Waals surface area contributed by atoms with Crippen LogP contribution < -0.4 is 0 Å². The van der Waals surface area contributed by atoms with E-state index in [0.29, 0.717) is 5.92 Å². The Morgan fingerprint density at radius 2 is 2.07 bits per heavy atom. The van der Waals surface area contributed by atoms with Gasteiger partial charge in [-0.1, -0.05) is 43.3 Å². The SMILES string of the molecule is CCC(C/C=C/C(=O)O)c1ccccc1. The van der Waals surface area contributed by atoms with E-state index in [1.807, 2.05) is 18.2 Å². The average molecular weight is 204 g/mol. The van der Waals surface area contributed by atoms with E-state index in [-0.39, 0.29) is 0 Å². The standard InChI is InChI=1S/C13H16O2/c1-2-11(9-6-10-13(14)15)12-7-4-3-5-8-12/h3-8,10-11H,2,9H2,1H3,(H,14,15)/b10-6+. The van der Waals surface area contributed by atoms with Crippen molar-refractivity contribution in [2.45, 2.75) is 25.7 Å². The lowest BCUT2D eigenvalue weighted by molar-refractivity contribution is -0.131. The summed E-state index contributed by atoms with van der Waals surface area (Å²) in [6.45, 7) is 2.12. The molecule has 0 fully saturated rings. The zero-order valence-corrected chi connectivity index (χ0v) is 8.89. The summed E-state index contributed by atoms with van der Waals surface area (Å²) in [6.07, 6.45) is 4.75. The molecule has 1 aromatic rings. The van der Waals surface area contributed by atoms with Gasteiger partial charge < -0.3 is 5.11 Å². The van der Waals surface area contributed by atoms with Gasteiger partial charge in [0.15, 0.2) is 0 Å². The zero-order valence-electron chi connectivity index (χ0n) is 8.89. The van der Waals surface area contributed by atoms with E-state index < -0.39 is 5.97 Å². The zero-order chi connectivity index (χ0) is 11.1. The molecule has 0 saturated heterocycles. The van der Waals surface area contributed by atoms with Crippen LogP contribution >= 0.6 is 0 Å². The third-order valence-electron chi connectivity index (χ3n) is 2.44. The molecular formula is C13H16O2. The Labute approximate surface area is 90.3 Å². The molecule has 0 aromatic heterocycles. The summed E-state index contributed by atoms with van der Waals surface area (Å²) in [4.78, 5) is 10.3. The average Bonchev–Trinajstić information content (AvgIpc) is 2.25. The maximum atomic E-state index is 10.3. The van der Waals surface area contributed by atoms with Crippen LogP contribution in [0.1, 0.15) is 31.2 Å². The lowest BCUT2D eigenvalue weighted by atomic mass is 9.93. The van der Waals surface area contributed by atoms with Gasteiger partial charge in [0.25, 0.3) is 0 Å². The van der Waals surface area contributed by atoms with Gasteiger partial charge in [0.2, 0.25) is 0 Å². The van der Waals surface area contributed by atoms with Gasteiger partial charge >= 0.3 is 5.97 Å². The number of rotatable bonds is 5. The summed E-state index contributed by atoms with van der Waals surface area (Å²) < 4.78 is 0. The summed E-state index contributed by atoms with van der Waals surface area (Å²) >= 11 is 0. The molecular weight excluding hydrogens is 188 g/mol. The Balaban J connectivity index is 2.61. The van der Waals surface area contributed by atoms with Crippen LogP contribution in [-0.2, 0) is 4.79 Å². The Morgan fingerprint density at radius 3 is 2.60 bits per heavy atom. The third kappa shape index (κ3) is 3.98. The molecule has 0 bridgehead atoms. The highest BCUT2D eigenvalue weighted by molar-refractivity contribution is 5.79. The minimum atomic E-state index is -0.877. The first-order valence-corrected chi connectivity index (χ1v) is 5.18. The maximum Gasteiger partial charge on any atom is 0.327 e. The third-order valence-corrected chi connectivity index (χ3v) is 2.44. The van der Waals surface area contributed by atoms with Crippen molar-refractivity contribution in [1.82, 2.24) is 0 Å². The lowest BCUT2D eigenvalue weighted by Gasteiger charge is -2.12. The van der Waals surface area contributed by atoms with E-state index in [1.54, 1.807) is 6.08 Å².